The molecule has 9 aromatic carbocycles. The van der Waals surface area contributed by atoms with E-state index in [4.69, 9.17) is 9.40 Å². The highest BCUT2D eigenvalue weighted by Crippen LogP contribution is 2.42. The number of aromatic nitrogens is 4. The Labute approximate surface area is 350 Å². The Bertz CT molecular complexity index is 3890. The van der Waals surface area contributed by atoms with Crippen LogP contribution in [0.3, 0.4) is 0 Å². The van der Waals surface area contributed by atoms with Gasteiger partial charge in [0.1, 0.15) is 23.1 Å². The van der Waals surface area contributed by atoms with Crippen LogP contribution in [0.4, 0.5) is 0 Å². The summed E-state index contributed by atoms with van der Waals surface area (Å²) in [4.78, 5) is 9.33. The second-order valence-corrected chi connectivity index (χ2v) is 15.8. The van der Waals surface area contributed by atoms with Crippen molar-refractivity contribution in [2.75, 3.05) is 0 Å². The zero-order chi connectivity index (χ0) is 40.0. The number of fused-ring (bicyclic) bond motifs is 10. The highest BCUT2D eigenvalue weighted by Gasteiger charge is 2.19. The molecule has 0 fully saturated rings. The Hall–Kier alpha value is -8.28. The molecule has 0 aliphatic heterocycles. The summed E-state index contributed by atoms with van der Waals surface area (Å²) in [5, 5.41) is 8.30. The minimum Gasteiger partial charge on any atom is -0.452 e. The number of nitrogens with zero attached hydrogens (tertiary/aromatic N) is 4. The zero-order valence-electron chi connectivity index (χ0n) is 32.8. The largest absolute Gasteiger partial charge is 0.452 e. The van der Waals surface area contributed by atoms with E-state index in [2.05, 4.69) is 190 Å². The van der Waals surface area contributed by atoms with Gasteiger partial charge in [-0.05, 0) is 100 Å². The first-order chi connectivity index (χ1) is 30.3. The maximum Gasteiger partial charge on any atom is 0.180 e. The second-order valence-electron chi connectivity index (χ2n) is 15.8. The number of para-hydroxylation sites is 4. The molecule has 5 nitrogen and oxygen atoms in total. The van der Waals surface area contributed by atoms with Gasteiger partial charge in [0.2, 0.25) is 0 Å². The van der Waals surface area contributed by atoms with Crippen LogP contribution in [-0.2, 0) is 0 Å². The van der Waals surface area contributed by atoms with E-state index >= 15 is 0 Å². The average molecular weight is 779 g/mol. The molecule has 0 bridgehead atoms. The average Bonchev–Trinajstić information content (AvgIpc) is 3.99. The van der Waals surface area contributed by atoms with Crippen LogP contribution < -0.4 is 0 Å². The Morgan fingerprint density at radius 2 is 0.951 bits per heavy atom. The molecule has 0 saturated carbocycles. The SMILES string of the molecule is c1ccc(-n2c3ccccc3c3cc(-c4ccc5c(c4)c4ccccc4n5-c4ccc(-c5cccc(-c6ncnc7c6oc6ccccc67)c5)c5ccccc45)ccc32)cc1. The van der Waals surface area contributed by atoms with Gasteiger partial charge in [-0.1, -0.05) is 127 Å². The van der Waals surface area contributed by atoms with Crippen LogP contribution in [-0.4, -0.2) is 19.1 Å². The summed E-state index contributed by atoms with van der Waals surface area (Å²) >= 11 is 0. The van der Waals surface area contributed by atoms with Gasteiger partial charge in [-0.15, -0.1) is 0 Å². The Kier molecular flexibility index (Phi) is 7.24. The molecule has 0 atom stereocenters. The standard InChI is InChI=1S/C56H34N4O/c1-2-15-39(16-3-1)59-48-22-9-6-19-43(48)46-32-35(25-28-51(46)59)36-26-29-52-47(33-36)44-20-7-10-23-49(44)60(52)50-30-27-40(41-17-4-5-18-42(41)50)37-13-12-14-38(31-37)54-56-55(58-34-57-54)45-21-8-11-24-53(45)61-56/h1-34H. The van der Waals surface area contributed by atoms with Crippen molar-refractivity contribution < 1.29 is 4.42 Å². The maximum atomic E-state index is 6.33. The smallest absolute Gasteiger partial charge is 0.180 e. The molecule has 5 heteroatoms. The van der Waals surface area contributed by atoms with Crippen LogP contribution in [0.5, 0.6) is 0 Å². The monoisotopic (exact) mass is 778 g/mol. The first-order valence-electron chi connectivity index (χ1n) is 20.6. The van der Waals surface area contributed by atoms with Gasteiger partial charge in [0.15, 0.2) is 5.58 Å². The summed E-state index contributed by atoms with van der Waals surface area (Å²) in [5.41, 5.74) is 15.8. The van der Waals surface area contributed by atoms with E-state index in [0.717, 1.165) is 50.2 Å². The Balaban J connectivity index is 0.947. The third kappa shape index (κ3) is 5.08. The normalized spacial score (nSPS) is 11.9. The molecular formula is C56H34N4O. The van der Waals surface area contributed by atoms with Crippen molar-refractivity contribution in [1.82, 2.24) is 19.1 Å². The molecule has 4 heterocycles. The molecule has 61 heavy (non-hydrogen) atoms. The molecule has 4 aromatic heterocycles. The third-order valence-corrected chi connectivity index (χ3v) is 12.4. The van der Waals surface area contributed by atoms with Crippen LogP contribution in [0.2, 0.25) is 0 Å². The first-order valence-corrected chi connectivity index (χ1v) is 20.6. The van der Waals surface area contributed by atoms with E-state index < -0.39 is 0 Å². The van der Waals surface area contributed by atoms with Crippen LogP contribution >= 0.6 is 0 Å². The van der Waals surface area contributed by atoms with Gasteiger partial charge >= 0.3 is 0 Å². The van der Waals surface area contributed by atoms with Crippen molar-refractivity contribution in [1.29, 1.82) is 0 Å². The summed E-state index contributed by atoms with van der Waals surface area (Å²) in [6, 6.07) is 71.9. The van der Waals surface area contributed by atoms with Crippen molar-refractivity contribution in [2.45, 2.75) is 0 Å². The van der Waals surface area contributed by atoms with E-state index in [1.165, 1.54) is 65.5 Å². The van der Waals surface area contributed by atoms with Gasteiger partial charge in [0, 0.05) is 43.6 Å². The summed E-state index contributed by atoms with van der Waals surface area (Å²) in [5.74, 6) is 0. The van der Waals surface area contributed by atoms with E-state index in [1.54, 1.807) is 6.33 Å². The van der Waals surface area contributed by atoms with E-state index in [1.807, 2.05) is 24.3 Å². The third-order valence-electron chi connectivity index (χ3n) is 12.4. The molecule has 0 aliphatic carbocycles. The lowest BCUT2D eigenvalue weighted by Crippen LogP contribution is -1.96. The van der Waals surface area contributed by atoms with E-state index in [9.17, 15) is 0 Å². The first kappa shape index (κ1) is 33.7. The molecule has 0 unspecified atom stereocenters. The fourth-order valence-electron chi connectivity index (χ4n) is 9.71. The van der Waals surface area contributed by atoms with Crippen molar-refractivity contribution in [3.05, 3.63) is 207 Å². The molecule has 13 aromatic rings. The fraction of sp³-hybridized carbons (Fsp3) is 0. The molecule has 0 saturated heterocycles. The lowest BCUT2D eigenvalue weighted by molar-refractivity contribution is 0.667. The topological polar surface area (TPSA) is 48.8 Å². The number of hydrogen-bond donors (Lipinski definition) is 0. The Morgan fingerprint density at radius 1 is 0.361 bits per heavy atom. The van der Waals surface area contributed by atoms with Gasteiger partial charge in [-0.25, -0.2) is 9.97 Å². The second kappa shape index (κ2) is 13.1. The summed E-state index contributed by atoms with van der Waals surface area (Å²) in [7, 11) is 0. The minimum atomic E-state index is 0.701. The molecule has 13 rings (SSSR count). The van der Waals surface area contributed by atoms with Gasteiger partial charge < -0.3 is 13.6 Å². The molecular weight excluding hydrogens is 745 g/mol. The minimum absolute atomic E-state index is 0.701. The summed E-state index contributed by atoms with van der Waals surface area (Å²) < 4.78 is 11.1. The van der Waals surface area contributed by atoms with Crippen LogP contribution in [0, 0.1) is 0 Å². The predicted molar refractivity (Wildman–Crippen MR) is 252 cm³/mol. The van der Waals surface area contributed by atoms with Crippen LogP contribution in [0.15, 0.2) is 211 Å². The van der Waals surface area contributed by atoms with Crippen molar-refractivity contribution in [3.8, 4) is 44.9 Å². The van der Waals surface area contributed by atoms with Gasteiger partial charge in [0.25, 0.3) is 0 Å². The zero-order valence-corrected chi connectivity index (χ0v) is 32.8. The van der Waals surface area contributed by atoms with Gasteiger partial charge in [-0.2, -0.15) is 0 Å². The fourth-order valence-corrected chi connectivity index (χ4v) is 9.71. The van der Waals surface area contributed by atoms with Crippen molar-refractivity contribution >= 4 is 76.5 Å². The maximum absolute atomic E-state index is 6.33. The lowest BCUT2D eigenvalue weighted by atomic mass is 9.95. The lowest BCUT2D eigenvalue weighted by Gasteiger charge is -2.15. The van der Waals surface area contributed by atoms with Crippen LogP contribution in [0.1, 0.15) is 0 Å². The van der Waals surface area contributed by atoms with Gasteiger partial charge in [0.05, 0.1) is 27.8 Å². The number of rotatable bonds is 5. The number of furan rings is 1. The highest BCUT2D eigenvalue weighted by molar-refractivity contribution is 6.14. The quantitative estimate of drug-likeness (QED) is 0.175. The Morgan fingerprint density at radius 3 is 1.70 bits per heavy atom. The van der Waals surface area contributed by atoms with E-state index in [0.29, 0.717) is 5.58 Å². The molecule has 284 valence electrons. The summed E-state index contributed by atoms with van der Waals surface area (Å²) in [6.45, 7) is 0. The molecule has 0 radical (unpaired) electrons. The van der Waals surface area contributed by atoms with Crippen LogP contribution in [0.25, 0.3) is 121 Å². The van der Waals surface area contributed by atoms with Crippen molar-refractivity contribution in [2.24, 2.45) is 0 Å². The molecule has 0 aliphatic rings. The van der Waals surface area contributed by atoms with Crippen molar-refractivity contribution in [3.63, 3.8) is 0 Å². The molecule has 0 N–H and O–H groups in total. The summed E-state index contributed by atoms with van der Waals surface area (Å²) in [6.07, 6.45) is 1.63. The predicted octanol–water partition coefficient (Wildman–Crippen LogP) is 14.7. The molecule has 0 spiro atoms. The van der Waals surface area contributed by atoms with Gasteiger partial charge in [-0.3, -0.25) is 0 Å². The number of hydrogen-bond acceptors (Lipinski definition) is 3. The molecule has 0 amide bonds. The highest BCUT2D eigenvalue weighted by atomic mass is 16.3. The number of benzene rings is 9. The van der Waals surface area contributed by atoms with E-state index in [-0.39, 0.29) is 0 Å².